The molecule has 2 aromatic rings. The van der Waals surface area contributed by atoms with Crippen molar-refractivity contribution in [2.45, 2.75) is 23.8 Å². The molecule has 0 saturated heterocycles. The number of methoxy groups -OCH3 is 1. The fraction of sp³-hybridized carbons (Fsp3) is 0.364. The molecule has 1 aromatic heterocycles. The summed E-state index contributed by atoms with van der Waals surface area (Å²) in [5, 5.41) is 19.7. The molecule has 1 aromatic carbocycles. The first-order valence-corrected chi connectivity index (χ1v) is 10.8. The summed E-state index contributed by atoms with van der Waals surface area (Å²) in [5.74, 6) is 0.397. The SMILES string of the molecule is COc1cc(C2N=C3C(=NC(SC)C3C#N)C3c4ncccc4CC23)ccc1O. The fourth-order valence-corrected chi connectivity index (χ4v) is 5.50. The Morgan fingerprint density at radius 1 is 1.24 bits per heavy atom. The number of pyridine rings is 1. The number of aliphatic imine (C=N–C) groups is 2. The smallest absolute Gasteiger partial charge is 0.160 e. The molecule has 5 rings (SSSR count). The molecule has 0 radical (unpaired) electrons. The number of phenols is 1. The number of benzene rings is 1. The van der Waals surface area contributed by atoms with Gasteiger partial charge in [0, 0.05) is 12.1 Å². The van der Waals surface area contributed by atoms with E-state index in [0.717, 1.165) is 29.1 Å². The van der Waals surface area contributed by atoms with Gasteiger partial charge >= 0.3 is 0 Å². The standard InChI is InChI=1S/C22H20N4O2S/c1-28-16-9-12(5-6-15(16)27)18-13-8-11-4-3-7-24-19(11)17(13)21-20(25-18)14(10-23)22(26-21)29-2/h3-7,9,13-14,17-18,22,27H,8H2,1-2H3. The van der Waals surface area contributed by atoms with Crippen molar-refractivity contribution < 1.29 is 9.84 Å². The van der Waals surface area contributed by atoms with Gasteiger partial charge in [-0.15, -0.1) is 11.8 Å². The van der Waals surface area contributed by atoms with Crippen molar-refractivity contribution >= 4 is 23.2 Å². The molecule has 0 bridgehead atoms. The lowest BCUT2D eigenvalue weighted by Gasteiger charge is -2.32. The van der Waals surface area contributed by atoms with Crippen LogP contribution in [0.5, 0.6) is 11.5 Å². The topological polar surface area (TPSA) is 90.9 Å². The van der Waals surface area contributed by atoms with Crippen molar-refractivity contribution in [3.05, 3.63) is 53.3 Å². The van der Waals surface area contributed by atoms with Crippen LogP contribution in [0.4, 0.5) is 0 Å². The minimum absolute atomic E-state index is 0.0384. The molecule has 1 N–H and O–H groups in total. The van der Waals surface area contributed by atoms with Crippen molar-refractivity contribution in [3.63, 3.8) is 0 Å². The zero-order chi connectivity index (χ0) is 20.1. The molecule has 6 nitrogen and oxygen atoms in total. The van der Waals surface area contributed by atoms with Gasteiger partial charge in [0.1, 0.15) is 11.3 Å². The lowest BCUT2D eigenvalue weighted by molar-refractivity contribution is 0.370. The van der Waals surface area contributed by atoms with Crippen molar-refractivity contribution in [1.82, 2.24) is 4.98 Å². The van der Waals surface area contributed by atoms with Gasteiger partial charge in [0.2, 0.25) is 0 Å². The Balaban J connectivity index is 1.69. The first-order chi connectivity index (χ1) is 14.2. The monoisotopic (exact) mass is 404 g/mol. The number of thioether (sulfide) groups is 1. The molecule has 3 aliphatic rings. The Bertz CT molecular complexity index is 1090. The van der Waals surface area contributed by atoms with Crippen LogP contribution in [0, 0.1) is 23.2 Å². The second-order valence-corrected chi connectivity index (χ2v) is 8.49. The Morgan fingerprint density at radius 3 is 2.86 bits per heavy atom. The molecule has 0 saturated carbocycles. The second kappa shape index (κ2) is 6.89. The summed E-state index contributed by atoms with van der Waals surface area (Å²) in [4.78, 5) is 14.7. The van der Waals surface area contributed by atoms with E-state index < -0.39 is 0 Å². The van der Waals surface area contributed by atoms with E-state index in [9.17, 15) is 10.4 Å². The van der Waals surface area contributed by atoms with Gasteiger partial charge in [-0.25, -0.2) is 0 Å². The number of aromatic hydroxyl groups is 1. The number of aromatic nitrogens is 1. The highest BCUT2D eigenvalue weighted by Crippen LogP contribution is 2.52. The van der Waals surface area contributed by atoms with Gasteiger partial charge < -0.3 is 9.84 Å². The maximum absolute atomic E-state index is 10.0. The maximum Gasteiger partial charge on any atom is 0.160 e. The molecule has 5 atom stereocenters. The van der Waals surface area contributed by atoms with Crippen LogP contribution in [0.15, 0.2) is 46.5 Å². The average molecular weight is 404 g/mol. The zero-order valence-electron chi connectivity index (χ0n) is 16.1. The van der Waals surface area contributed by atoms with Gasteiger partial charge in [-0.05, 0) is 42.0 Å². The zero-order valence-corrected chi connectivity index (χ0v) is 16.9. The molecule has 0 fully saturated rings. The van der Waals surface area contributed by atoms with Crippen LogP contribution in [0.2, 0.25) is 0 Å². The number of fused-ring (bicyclic) bond motifs is 5. The minimum atomic E-state index is -0.352. The lowest BCUT2D eigenvalue weighted by atomic mass is 9.76. The van der Waals surface area contributed by atoms with E-state index in [1.54, 1.807) is 24.9 Å². The van der Waals surface area contributed by atoms with Crippen molar-refractivity contribution in [2.75, 3.05) is 13.4 Å². The average Bonchev–Trinajstić information content (AvgIpc) is 3.31. The largest absolute Gasteiger partial charge is 0.504 e. The molecule has 0 amide bonds. The summed E-state index contributed by atoms with van der Waals surface area (Å²) in [7, 11) is 1.54. The molecule has 2 aliphatic heterocycles. The fourth-order valence-electron chi connectivity index (χ4n) is 4.82. The quantitative estimate of drug-likeness (QED) is 0.845. The number of rotatable bonds is 3. The van der Waals surface area contributed by atoms with Gasteiger partial charge in [-0.3, -0.25) is 15.0 Å². The van der Waals surface area contributed by atoms with Crippen molar-refractivity contribution in [1.29, 1.82) is 5.26 Å². The first-order valence-electron chi connectivity index (χ1n) is 9.55. The summed E-state index contributed by atoms with van der Waals surface area (Å²) >= 11 is 1.59. The molecule has 3 heterocycles. The van der Waals surface area contributed by atoms with Gasteiger partial charge in [0.25, 0.3) is 0 Å². The Hall–Kier alpha value is -2.85. The summed E-state index contributed by atoms with van der Waals surface area (Å²) in [6, 6.07) is 11.8. The number of nitrogens with zero attached hydrogens (tertiary/aromatic N) is 4. The molecule has 0 spiro atoms. The van der Waals surface area contributed by atoms with E-state index >= 15 is 0 Å². The number of ether oxygens (including phenoxy) is 1. The van der Waals surface area contributed by atoms with E-state index in [1.807, 2.05) is 30.7 Å². The van der Waals surface area contributed by atoms with Crippen molar-refractivity contribution in [2.24, 2.45) is 21.8 Å². The predicted molar refractivity (Wildman–Crippen MR) is 113 cm³/mol. The second-order valence-electron chi connectivity index (χ2n) is 7.53. The highest BCUT2D eigenvalue weighted by molar-refractivity contribution is 7.99. The highest BCUT2D eigenvalue weighted by atomic mass is 32.2. The van der Waals surface area contributed by atoms with Crippen LogP contribution in [0.1, 0.15) is 28.8 Å². The van der Waals surface area contributed by atoms with E-state index in [1.165, 1.54) is 5.56 Å². The molecular weight excluding hydrogens is 384 g/mol. The normalized spacial score (nSPS) is 29.2. The minimum Gasteiger partial charge on any atom is -0.504 e. The molecule has 29 heavy (non-hydrogen) atoms. The van der Waals surface area contributed by atoms with Crippen LogP contribution in [-0.4, -0.2) is 40.3 Å². The van der Waals surface area contributed by atoms with Gasteiger partial charge in [-0.1, -0.05) is 12.1 Å². The Kier molecular flexibility index (Phi) is 4.32. The van der Waals surface area contributed by atoms with Gasteiger partial charge in [0.15, 0.2) is 11.5 Å². The van der Waals surface area contributed by atoms with E-state index in [0.29, 0.717) is 5.75 Å². The molecule has 5 unspecified atom stereocenters. The third-order valence-electron chi connectivity index (χ3n) is 6.12. The van der Waals surface area contributed by atoms with Crippen LogP contribution >= 0.6 is 11.8 Å². The van der Waals surface area contributed by atoms with Gasteiger partial charge in [-0.2, -0.15) is 5.26 Å². The number of nitriles is 1. The molecular formula is C22H20N4O2S. The third-order valence-corrected chi connectivity index (χ3v) is 6.98. The first kappa shape index (κ1) is 18.2. The molecule has 7 heteroatoms. The number of hydrogen-bond donors (Lipinski definition) is 1. The van der Waals surface area contributed by atoms with Crippen LogP contribution in [0.3, 0.4) is 0 Å². The Morgan fingerprint density at radius 2 is 2.10 bits per heavy atom. The molecule has 146 valence electrons. The van der Waals surface area contributed by atoms with E-state index in [4.69, 9.17) is 19.7 Å². The summed E-state index contributed by atoms with van der Waals surface area (Å²) in [6.45, 7) is 0. The summed E-state index contributed by atoms with van der Waals surface area (Å²) in [6.07, 6.45) is 4.67. The third kappa shape index (κ3) is 2.66. The number of hydrogen-bond acceptors (Lipinski definition) is 7. The lowest BCUT2D eigenvalue weighted by Crippen LogP contribution is -2.35. The van der Waals surface area contributed by atoms with Gasteiger partial charge in [0.05, 0.1) is 42.3 Å². The van der Waals surface area contributed by atoms with Crippen LogP contribution in [-0.2, 0) is 6.42 Å². The van der Waals surface area contributed by atoms with E-state index in [-0.39, 0.29) is 34.9 Å². The van der Waals surface area contributed by atoms with Crippen LogP contribution in [0.25, 0.3) is 0 Å². The maximum atomic E-state index is 10.0. The van der Waals surface area contributed by atoms with Crippen molar-refractivity contribution in [3.8, 4) is 17.6 Å². The molecule has 1 aliphatic carbocycles. The summed E-state index contributed by atoms with van der Waals surface area (Å²) in [5.41, 5.74) is 4.97. The number of phenolic OH excluding ortho intramolecular Hbond substituents is 1. The summed E-state index contributed by atoms with van der Waals surface area (Å²) < 4.78 is 5.32. The Labute approximate surface area is 173 Å². The predicted octanol–water partition coefficient (Wildman–Crippen LogP) is 3.53. The highest BCUT2D eigenvalue weighted by Gasteiger charge is 2.51. The van der Waals surface area contributed by atoms with Crippen LogP contribution < -0.4 is 4.74 Å². The van der Waals surface area contributed by atoms with E-state index in [2.05, 4.69) is 12.1 Å².